The lowest BCUT2D eigenvalue weighted by molar-refractivity contribution is 0.120. The van der Waals surface area contributed by atoms with E-state index in [0.717, 1.165) is 20.7 Å². The molecule has 0 spiro atoms. The predicted molar refractivity (Wildman–Crippen MR) is 83.9 cm³/mol. The summed E-state index contributed by atoms with van der Waals surface area (Å²) < 4.78 is 7.16. The molecule has 0 atom stereocenters. The molecule has 122 valence electrons. The fourth-order valence-corrected chi connectivity index (χ4v) is 1.69. The van der Waals surface area contributed by atoms with Crippen molar-refractivity contribution in [2.75, 3.05) is 33.1 Å². The first-order valence-corrected chi connectivity index (χ1v) is 8.18. The number of hydrogen-bond acceptors (Lipinski definition) is 8. The summed E-state index contributed by atoms with van der Waals surface area (Å²) in [6, 6.07) is 0. The first-order valence-electron chi connectivity index (χ1n) is 6.22. The second kappa shape index (κ2) is 11.5. The zero-order valence-corrected chi connectivity index (χ0v) is 14.2. The van der Waals surface area contributed by atoms with E-state index in [4.69, 9.17) is 9.84 Å². The van der Waals surface area contributed by atoms with Crippen molar-refractivity contribution in [1.82, 2.24) is 8.61 Å². The van der Waals surface area contributed by atoms with E-state index in [-0.39, 0.29) is 19.8 Å². The number of amides is 2. The number of rotatable bonds is 7. The summed E-state index contributed by atoms with van der Waals surface area (Å²) in [5.41, 5.74) is 0. The van der Waals surface area contributed by atoms with Crippen molar-refractivity contribution in [3.05, 3.63) is 0 Å². The van der Waals surface area contributed by atoms with E-state index in [1.54, 1.807) is 13.2 Å². The molecule has 0 saturated carbocycles. The molecule has 0 aliphatic carbocycles. The Bertz CT molecular complexity index is 368. The normalized spacial score (nSPS) is 11.0. The van der Waals surface area contributed by atoms with Gasteiger partial charge in [0.2, 0.25) is 0 Å². The summed E-state index contributed by atoms with van der Waals surface area (Å²) >= 11 is 2.12. The van der Waals surface area contributed by atoms with Crippen molar-refractivity contribution in [2.24, 2.45) is 5.16 Å². The van der Waals surface area contributed by atoms with Crippen LogP contribution in [0.25, 0.3) is 0 Å². The molecule has 0 radical (unpaired) electrons. The Kier molecular flexibility index (Phi) is 10.9. The molecule has 2 amide bonds. The van der Waals surface area contributed by atoms with Crippen LogP contribution in [0.1, 0.15) is 20.3 Å². The van der Waals surface area contributed by atoms with Crippen LogP contribution in [0.15, 0.2) is 5.16 Å². The number of carbonyl (C=O) groups excluding carboxylic acids is 2. The Morgan fingerprint density at radius 3 is 2.52 bits per heavy atom. The molecule has 0 aromatic rings. The van der Waals surface area contributed by atoms with Crippen LogP contribution in [0.5, 0.6) is 0 Å². The SMILES string of the molecule is CCCOC(=O)N(CCO)SN(C)C(=O)O/N=C(\C)SC. The van der Waals surface area contributed by atoms with Crippen LogP contribution >= 0.6 is 23.9 Å². The van der Waals surface area contributed by atoms with Gasteiger partial charge < -0.3 is 9.84 Å². The van der Waals surface area contributed by atoms with Crippen molar-refractivity contribution in [3.8, 4) is 0 Å². The molecule has 0 fully saturated rings. The molecule has 0 aliphatic rings. The maximum absolute atomic E-state index is 11.7. The molecule has 21 heavy (non-hydrogen) atoms. The molecule has 0 aromatic heterocycles. The van der Waals surface area contributed by atoms with Gasteiger partial charge in [0, 0.05) is 7.05 Å². The van der Waals surface area contributed by atoms with Crippen LogP contribution in [0.4, 0.5) is 9.59 Å². The topological polar surface area (TPSA) is 91.7 Å². The summed E-state index contributed by atoms with van der Waals surface area (Å²) in [5, 5.41) is 13.1. The third-order valence-corrected chi connectivity index (χ3v) is 3.55. The molecule has 0 unspecified atom stereocenters. The molecule has 0 saturated heterocycles. The lowest BCUT2D eigenvalue weighted by Gasteiger charge is -2.23. The van der Waals surface area contributed by atoms with E-state index in [1.807, 2.05) is 6.92 Å². The van der Waals surface area contributed by atoms with Gasteiger partial charge in [-0.15, -0.1) is 11.8 Å². The minimum Gasteiger partial charge on any atom is -0.449 e. The van der Waals surface area contributed by atoms with Crippen molar-refractivity contribution in [2.45, 2.75) is 20.3 Å². The van der Waals surface area contributed by atoms with E-state index in [1.165, 1.54) is 18.8 Å². The molecule has 0 bridgehead atoms. The third-order valence-electron chi connectivity index (χ3n) is 1.96. The quantitative estimate of drug-likeness (QED) is 0.250. The highest BCUT2D eigenvalue weighted by molar-refractivity contribution is 8.13. The summed E-state index contributed by atoms with van der Waals surface area (Å²) in [6.45, 7) is 3.61. The smallest absolute Gasteiger partial charge is 0.447 e. The molecule has 10 heteroatoms. The maximum atomic E-state index is 11.7. The minimum atomic E-state index is -0.736. The number of nitrogens with zero attached hydrogens (tertiary/aromatic N) is 3. The first-order chi connectivity index (χ1) is 9.96. The van der Waals surface area contributed by atoms with Gasteiger partial charge in [-0.05, 0) is 19.6 Å². The minimum absolute atomic E-state index is 0.0257. The van der Waals surface area contributed by atoms with Gasteiger partial charge in [0.05, 0.1) is 31.9 Å². The van der Waals surface area contributed by atoms with Gasteiger partial charge in [-0.2, -0.15) is 0 Å². The fraction of sp³-hybridized carbons (Fsp3) is 0.727. The fourth-order valence-electron chi connectivity index (χ4n) is 0.897. The Hall–Kier alpha value is -1.13. The molecule has 1 N–H and O–H groups in total. The highest BCUT2D eigenvalue weighted by atomic mass is 32.2. The van der Waals surface area contributed by atoms with Crippen molar-refractivity contribution >= 4 is 41.1 Å². The number of ether oxygens (including phenoxy) is 1. The van der Waals surface area contributed by atoms with Crippen LogP contribution in [0.3, 0.4) is 0 Å². The molecule has 0 rings (SSSR count). The van der Waals surface area contributed by atoms with Crippen LogP contribution in [0, 0.1) is 0 Å². The van der Waals surface area contributed by atoms with Crippen molar-refractivity contribution in [1.29, 1.82) is 0 Å². The molecular formula is C11H21N3O5S2. The average Bonchev–Trinajstić information content (AvgIpc) is 2.48. The van der Waals surface area contributed by atoms with Crippen molar-refractivity contribution < 1.29 is 24.3 Å². The molecule has 0 aromatic carbocycles. The highest BCUT2D eigenvalue weighted by Crippen LogP contribution is 2.17. The van der Waals surface area contributed by atoms with E-state index in [0.29, 0.717) is 11.5 Å². The van der Waals surface area contributed by atoms with E-state index in [2.05, 4.69) is 9.99 Å². The van der Waals surface area contributed by atoms with Crippen LogP contribution < -0.4 is 0 Å². The Morgan fingerprint density at radius 2 is 2.00 bits per heavy atom. The lowest BCUT2D eigenvalue weighted by atomic mass is 10.5. The van der Waals surface area contributed by atoms with E-state index < -0.39 is 12.2 Å². The standard InChI is InChI=1S/C11H21N3O5S2/c1-5-8-18-11(17)14(6-7-15)21-13(3)10(16)19-12-9(2)20-4/h15H,5-8H2,1-4H3/b12-9+. The zero-order valence-electron chi connectivity index (χ0n) is 12.6. The molecule has 8 nitrogen and oxygen atoms in total. The molecular weight excluding hydrogens is 318 g/mol. The lowest BCUT2D eigenvalue weighted by Crippen LogP contribution is -2.34. The number of aliphatic hydroxyl groups excluding tert-OH is 1. The maximum Gasteiger partial charge on any atom is 0.447 e. The van der Waals surface area contributed by atoms with E-state index >= 15 is 0 Å². The number of oxime groups is 1. The summed E-state index contributed by atoms with van der Waals surface area (Å²) in [7, 11) is 1.43. The van der Waals surface area contributed by atoms with Gasteiger partial charge >= 0.3 is 12.2 Å². The predicted octanol–water partition coefficient (Wildman–Crippen LogP) is 2.16. The third kappa shape index (κ3) is 8.68. The van der Waals surface area contributed by atoms with Crippen LogP contribution in [-0.4, -0.2) is 64.0 Å². The van der Waals surface area contributed by atoms with Crippen LogP contribution in [-0.2, 0) is 9.57 Å². The number of carbonyl (C=O) groups is 2. The Labute approximate surface area is 133 Å². The number of hydrogen-bond donors (Lipinski definition) is 1. The monoisotopic (exact) mass is 339 g/mol. The highest BCUT2D eigenvalue weighted by Gasteiger charge is 2.22. The first kappa shape index (κ1) is 19.9. The average molecular weight is 339 g/mol. The zero-order chi connectivity index (χ0) is 16.3. The molecule has 0 heterocycles. The second-order valence-electron chi connectivity index (χ2n) is 3.69. The Balaban J connectivity index is 4.48. The van der Waals surface area contributed by atoms with E-state index in [9.17, 15) is 9.59 Å². The largest absolute Gasteiger partial charge is 0.449 e. The van der Waals surface area contributed by atoms with Gasteiger partial charge in [-0.25, -0.2) is 18.2 Å². The van der Waals surface area contributed by atoms with Gasteiger partial charge in [0.1, 0.15) is 5.04 Å². The van der Waals surface area contributed by atoms with Gasteiger partial charge in [-0.3, -0.25) is 4.84 Å². The number of thioether (sulfide) groups is 1. The summed E-state index contributed by atoms with van der Waals surface area (Å²) in [4.78, 5) is 28.1. The van der Waals surface area contributed by atoms with Crippen LogP contribution in [0.2, 0.25) is 0 Å². The molecule has 0 aliphatic heterocycles. The van der Waals surface area contributed by atoms with Gasteiger partial charge in [-0.1, -0.05) is 12.1 Å². The van der Waals surface area contributed by atoms with Crippen molar-refractivity contribution in [3.63, 3.8) is 0 Å². The van der Waals surface area contributed by atoms with Gasteiger partial charge in [0.15, 0.2) is 0 Å². The number of aliphatic hydroxyl groups is 1. The summed E-state index contributed by atoms with van der Waals surface area (Å²) in [6.07, 6.45) is 1.13. The van der Waals surface area contributed by atoms with Gasteiger partial charge in [0.25, 0.3) is 0 Å². The Morgan fingerprint density at radius 1 is 1.33 bits per heavy atom. The second-order valence-corrected chi connectivity index (χ2v) is 5.84. The summed E-state index contributed by atoms with van der Waals surface area (Å²) in [5.74, 6) is 0.